The third-order valence-electron chi connectivity index (χ3n) is 3.55. The first kappa shape index (κ1) is 13.8. The van der Waals surface area contributed by atoms with Crippen LogP contribution in [0, 0.1) is 5.92 Å². The van der Waals surface area contributed by atoms with E-state index in [0.717, 1.165) is 6.54 Å². The Bertz CT molecular complexity index is 373. The lowest BCUT2D eigenvalue weighted by molar-refractivity contribution is 0.491. The molecule has 1 fully saturated rings. The zero-order valence-electron chi connectivity index (χ0n) is 11.9. The fourth-order valence-electron chi connectivity index (χ4n) is 2.54. The van der Waals surface area contributed by atoms with E-state index >= 15 is 0 Å². The Morgan fingerprint density at radius 3 is 2.89 bits per heavy atom. The summed E-state index contributed by atoms with van der Waals surface area (Å²) < 4.78 is 0. The van der Waals surface area contributed by atoms with Gasteiger partial charge < -0.3 is 10.2 Å². The molecule has 102 valence electrons. The molecule has 4 heteroatoms. The molecule has 0 radical (unpaired) electrons. The third kappa shape index (κ3) is 3.23. The molecule has 18 heavy (non-hydrogen) atoms. The van der Waals surface area contributed by atoms with Crippen molar-refractivity contribution in [2.75, 3.05) is 11.4 Å². The normalized spacial score (nSPS) is 20.3. The van der Waals surface area contributed by atoms with Crippen LogP contribution in [0.1, 0.15) is 46.2 Å². The van der Waals surface area contributed by atoms with Crippen LogP contribution in [0.5, 0.6) is 0 Å². The van der Waals surface area contributed by atoms with E-state index in [1.54, 1.807) is 11.3 Å². The zero-order valence-corrected chi connectivity index (χ0v) is 12.8. The molecular weight excluding hydrogens is 242 g/mol. The molecule has 0 saturated carbocycles. The average Bonchev–Trinajstić information content (AvgIpc) is 2.94. The van der Waals surface area contributed by atoms with Crippen molar-refractivity contribution in [3.8, 4) is 0 Å². The zero-order chi connectivity index (χ0) is 13.1. The van der Waals surface area contributed by atoms with Gasteiger partial charge in [0.15, 0.2) is 5.13 Å². The summed E-state index contributed by atoms with van der Waals surface area (Å²) in [5, 5.41) is 6.83. The standard InChI is InChI=1S/C14H25N3S/c1-10(2)13-6-5-7-17(13)14-16-12(9-18-14)8-15-11(3)4/h9-11,13,15H,5-8H2,1-4H3. The minimum Gasteiger partial charge on any atom is -0.345 e. The minimum atomic E-state index is 0.519. The number of hydrogen-bond donors (Lipinski definition) is 1. The fraction of sp³-hybridized carbons (Fsp3) is 0.786. The van der Waals surface area contributed by atoms with Crippen molar-refractivity contribution in [3.05, 3.63) is 11.1 Å². The Balaban J connectivity index is 2.00. The molecule has 1 aliphatic heterocycles. The topological polar surface area (TPSA) is 28.2 Å². The van der Waals surface area contributed by atoms with Gasteiger partial charge in [0.25, 0.3) is 0 Å². The van der Waals surface area contributed by atoms with E-state index in [1.165, 1.54) is 30.2 Å². The van der Waals surface area contributed by atoms with Gasteiger partial charge in [0.2, 0.25) is 0 Å². The van der Waals surface area contributed by atoms with Crippen LogP contribution in [0.4, 0.5) is 5.13 Å². The van der Waals surface area contributed by atoms with Crippen molar-refractivity contribution < 1.29 is 0 Å². The second-order valence-corrected chi connectivity index (χ2v) is 6.64. The Kier molecular flexibility index (Phi) is 4.62. The van der Waals surface area contributed by atoms with Crippen LogP contribution in [0.2, 0.25) is 0 Å². The largest absolute Gasteiger partial charge is 0.345 e. The lowest BCUT2D eigenvalue weighted by Gasteiger charge is -2.27. The lowest BCUT2D eigenvalue weighted by Crippen LogP contribution is -2.33. The second-order valence-electron chi connectivity index (χ2n) is 5.80. The number of aromatic nitrogens is 1. The van der Waals surface area contributed by atoms with Gasteiger partial charge in [-0.05, 0) is 18.8 Å². The second kappa shape index (κ2) is 6.02. The van der Waals surface area contributed by atoms with Crippen molar-refractivity contribution in [1.29, 1.82) is 0 Å². The Labute approximate surface area is 115 Å². The summed E-state index contributed by atoms with van der Waals surface area (Å²) >= 11 is 1.79. The molecule has 0 aliphatic carbocycles. The van der Waals surface area contributed by atoms with E-state index < -0.39 is 0 Å². The molecule has 1 aromatic heterocycles. The van der Waals surface area contributed by atoms with Crippen molar-refractivity contribution in [2.45, 2.75) is 59.2 Å². The molecule has 2 heterocycles. The van der Waals surface area contributed by atoms with E-state index in [4.69, 9.17) is 4.98 Å². The summed E-state index contributed by atoms with van der Waals surface area (Å²) in [6.07, 6.45) is 2.62. The van der Waals surface area contributed by atoms with Gasteiger partial charge in [0.1, 0.15) is 0 Å². The van der Waals surface area contributed by atoms with Crippen molar-refractivity contribution in [2.24, 2.45) is 5.92 Å². The van der Waals surface area contributed by atoms with E-state index in [0.29, 0.717) is 18.0 Å². The van der Waals surface area contributed by atoms with Crippen LogP contribution in [-0.2, 0) is 6.54 Å². The summed E-state index contributed by atoms with van der Waals surface area (Å²) in [5.41, 5.74) is 1.18. The molecule has 1 aliphatic rings. The van der Waals surface area contributed by atoms with E-state index in [9.17, 15) is 0 Å². The lowest BCUT2D eigenvalue weighted by atomic mass is 10.0. The number of nitrogens with one attached hydrogen (secondary N) is 1. The van der Waals surface area contributed by atoms with Gasteiger partial charge >= 0.3 is 0 Å². The number of nitrogens with zero attached hydrogens (tertiary/aromatic N) is 2. The minimum absolute atomic E-state index is 0.519. The van der Waals surface area contributed by atoms with Crippen LogP contribution in [0.25, 0.3) is 0 Å². The van der Waals surface area contributed by atoms with Crippen LogP contribution < -0.4 is 10.2 Å². The molecule has 0 aromatic carbocycles. The monoisotopic (exact) mass is 267 g/mol. The van der Waals surface area contributed by atoms with Crippen molar-refractivity contribution in [1.82, 2.24) is 10.3 Å². The molecule has 2 rings (SSSR count). The Morgan fingerprint density at radius 1 is 1.44 bits per heavy atom. The number of hydrogen-bond acceptors (Lipinski definition) is 4. The SMILES string of the molecule is CC(C)NCc1csc(N2CCCC2C(C)C)n1. The predicted octanol–water partition coefficient (Wildman–Crippen LogP) is 3.27. The first-order valence-electron chi connectivity index (χ1n) is 7.02. The molecule has 1 unspecified atom stereocenters. The average molecular weight is 267 g/mol. The van der Waals surface area contributed by atoms with E-state index in [1.807, 2.05) is 0 Å². The Morgan fingerprint density at radius 2 is 2.22 bits per heavy atom. The summed E-state index contributed by atoms with van der Waals surface area (Å²) in [5.74, 6) is 0.716. The smallest absolute Gasteiger partial charge is 0.185 e. The number of rotatable bonds is 5. The molecule has 0 amide bonds. The van der Waals surface area contributed by atoms with Crippen LogP contribution >= 0.6 is 11.3 Å². The van der Waals surface area contributed by atoms with Gasteiger partial charge in [0.05, 0.1) is 5.69 Å². The first-order valence-corrected chi connectivity index (χ1v) is 7.90. The third-order valence-corrected chi connectivity index (χ3v) is 4.47. The number of thiazole rings is 1. The van der Waals surface area contributed by atoms with Gasteiger partial charge in [0, 0.05) is 30.6 Å². The number of anilines is 1. The highest BCUT2D eigenvalue weighted by Gasteiger charge is 2.28. The van der Waals surface area contributed by atoms with Crippen LogP contribution in [0.15, 0.2) is 5.38 Å². The highest BCUT2D eigenvalue weighted by molar-refractivity contribution is 7.13. The maximum absolute atomic E-state index is 4.78. The fourth-order valence-corrected chi connectivity index (χ4v) is 3.45. The summed E-state index contributed by atoms with van der Waals surface area (Å²) in [4.78, 5) is 7.29. The first-order chi connectivity index (χ1) is 8.58. The maximum atomic E-state index is 4.78. The molecule has 3 nitrogen and oxygen atoms in total. The summed E-state index contributed by atoms with van der Waals surface area (Å²) in [6, 6.07) is 1.20. The van der Waals surface area contributed by atoms with Gasteiger partial charge in [-0.2, -0.15) is 0 Å². The van der Waals surface area contributed by atoms with Crippen molar-refractivity contribution in [3.63, 3.8) is 0 Å². The summed E-state index contributed by atoms with van der Waals surface area (Å²) in [6.45, 7) is 11.0. The van der Waals surface area contributed by atoms with Crippen molar-refractivity contribution >= 4 is 16.5 Å². The highest BCUT2D eigenvalue weighted by atomic mass is 32.1. The van der Waals surface area contributed by atoms with Gasteiger partial charge in [-0.3, -0.25) is 0 Å². The molecule has 1 N–H and O–H groups in total. The summed E-state index contributed by atoms with van der Waals surface area (Å²) in [7, 11) is 0. The molecular formula is C14H25N3S. The van der Waals surface area contributed by atoms with Gasteiger partial charge in [-0.1, -0.05) is 27.7 Å². The van der Waals surface area contributed by atoms with E-state index in [2.05, 4.69) is 43.3 Å². The van der Waals surface area contributed by atoms with Gasteiger partial charge in [-0.25, -0.2) is 4.98 Å². The molecule has 0 bridgehead atoms. The predicted molar refractivity (Wildman–Crippen MR) is 79.3 cm³/mol. The van der Waals surface area contributed by atoms with Crippen LogP contribution in [-0.4, -0.2) is 23.6 Å². The molecule has 1 aromatic rings. The molecule has 1 atom stereocenters. The Hall–Kier alpha value is -0.610. The van der Waals surface area contributed by atoms with Gasteiger partial charge in [-0.15, -0.1) is 11.3 Å². The highest BCUT2D eigenvalue weighted by Crippen LogP contribution is 2.31. The van der Waals surface area contributed by atoms with Crippen LogP contribution in [0.3, 0.4) is 0 Å². The van der Waals surface area contributed by atoms with E-state index in [-0.39, 0.29) is 0 Å². The molecule has 1 saturated heterocycles. The maximum Gasteiger partial charge on any atom is 0.185 e. The quantitative estimate of drug-likeness (QED) is 0.887. The molecule has 0 spiro atoms.